The van der Waals surface area contributed by atoms with E-state index in [0.717, 1.165) is 24.2 Å². The highest BCUT2D eigenvalue weighted by Gasteiger charge is 2.11. The summed E-state index contributed by atoms with van der Waals surface area (Å²) in [6.07, 6.45) is 1.51. The van der Waals surface area contributed by atoms with Crippen LogP contribution in [-0.4, -0.2) is 13.7 Å². The van der Waals surface area contributed by atoms with Crippen molar-refractivity contribution in [2.75, 3.05) is 13.7 Å². The Labute approximate surface area is 136 Å². The molecular formula is C18H18ClNO2. The zero-order valence-corrected chi connectivity index (χ0v) is 13.2. The second kappa shape index (κ2) is 8.31. The van der Waals surface area contributed by atoms with E-state index in [1.165, 1.54) is 0 Å². The van der Waals surface area contributed by atoms with Gasteiger partial charge in [0.2, 0.25) is 0 Å². The number of methoxy groups -OCH3 is 1. The van der Waals surface area contributed by atoms with Gasteiger partial charge in [-0.05, 0) is 42.7 Å². The van der Waals surface area contributed by atoms with Crippen molar-refractivity contribution in [1.82, 2.24) is 0 Å². The van der Waals surface area contributed by atoms with Gasteiger partial charge >= 0.3 is 0 Å². The lowest BCUT2D eigenvalue weighted by molar-refractivity contribution is 0.285. The standard InChI is InChI=1S/C18H18ClNO2/c1-21-17-9-2-3-10-18(17)22-11-5-7-15(13-20)14-6-4-8-16(19)12-14/h2-4,6,8-10,12,15H,5,7,11H2,1H3. The minimum Gasteiger partial charge on any atom is -0.493 e. The maximum Gasteiger partial charge on any atom is 0.161 e. The van der Waals surface area contributed by atoms with Gasteiger partial charge in [-0.3, -0.25) is 0 Å². The van der Waals surface area contributed by atoms with Crippen molar-refractivity contribution in [3.05, 3.63) is 59.1 Å². The molecule has 2 aromatic carbocycles. The van der Waals surface area contributed by atoms with Crippen LogP contribution in [0.5, 0.6) is 11.5 Å². The zero-order chi connectivity index (χ0) is 15.8. The SMILES string of the molecule is COc1ccccc1OCCCC(C#N)c1cccc(Cl)c1. The summed E-state index contributed by atoms with van der Waals surface area (Å²) in [5, 5.41) is 9.97. The molecule has 0 fully saturated rings. The van der Waals surface area contributed by atoms with Gasteiger partial charge in [0.25, 0.3) is 0 Å². The average Bonchev–Trinajstić information content (AvgIpc) is 2.55. The zero-order valence-electron chi connectivity index (χ0n) is 12.5. The van der Waals surface area contributed by atoms with E-state index in [1.54, 1.807) is 7.11 Å². The third-order valence-electron chi connectivity index (χ3n) is 3.37. The van der Waals surface area contributed by atoms with Gasteiger partial charge in [0.1, 0.15) is 0 Å². The molecular weight excluding hydrogens is 298 g/mol. The lowest BCUT2D eigenvalue weighted by Crippen LogP contribution is -2.03. The van der Waals surface area contributed by atoms with Gasteiger partial charge in [-0.2, -0.15) is 5.26 Å². The van der Waals surface area contributed by atoms with Crippen molar-refractivity contribution < 1.29 is 9.47 Å². The first kappa shape index (κ1) is 16.2. The van der Waals surface area contributed by atoms with Gasteiger partial charge in [-0.15, -0.1) is 0 Å². The molecule has 0 N–H and O–H groups in total. The van der Waals surface area contributed by atoms with Gasteiger partial charge in [0.05, 0.1) is 25.7 Å². The molecule has 0 amide bonds. The molecule has 0 radical (unpaired) electrons. The summed E-state index contributed by atoms with van der Waals surface area (Å²) in [5.41, 5.74) is 0.951. The molecule has 0 aliphatic carbocycles. The Morgan fingerprint density at radius 1 is 1.14 bits per heavy atom. The first-order valence-corrected chi connectivity index (χ1v) is 7.53. The third-order valence-corrected chi connectivity index (χ3v) is 3.61. The van der Waals surface area contributed by atoms with Crippen molar-refractivity contribution >= 4 is 11.6 Å². The molecule has 0 heterocycles. The third kappa shape index (κ3) is 4.41. The highest BCUT2D eigenvalue weighted by atomic mass is 35.5. The van der Waals surface area contributed by atoms with Crippen LogP contribution in [-0.2, 0) is 0 Å². The van der Waals surface area contributed by atoms with Gasteiger partial charge in [-0.1, -0.05) is 35.9 Å². The van der Waals surface area contributed by atoms with Crippen LogP contribution in [0.1, 0.15) is 24.3 Å². The van der Waals surface area contributed by atoms with Gasteiger partial charge in [0.15, 0.2) is 11.5 Å². The molecule has 0 saturated carbocycles. The highest BCUT2D eigenvalue weighted by Crippen LogP contribution is 2.27. The van der Waals surface area contributed by atoms with Crippen molar-refractivity contribution in [3.8, 4) is 17.6 Å². The van der Waals surface area contributed by atoms with Crippen molar-refractivity contribution in [2.24, 2.45) is 0 Å². The molecule has 0 spiro atoms. The first-order chi connectivity index (χ1) is 10.7. The molecule has 3 nitrogen and oxygen atoms in total. The summed E-state index contributed by atoms with van der Waals surface area (Å²) in [4.78, 5) is 0. The van der Waals surface area contributed by atoms with Crippen LogP contribution in [0.15, 0.2) is 48.5 Å². The number of nitrogens with zero attached hydrogens (tertiary/aromatic N) is 1. The molecule has 0 aliphatic heterocycles. The topological polar surface area (TPSA) is 42.2 Å². The molecule has 1 atom stereocenters. The van der Waals surface area contributed by atoms with Gasteiger partial charge in [-0.25, -0.2) is 0 Å². The Morgan fingerprint density at radius 2 is 1.91 bits per heavy atom. The predicted molar refractivity (Wildman–Crippen MR) is 87.5 cm³/mol. The number of nitriles is 1. The second-order valence-electron chi connectivity index (χ2n) is 4.88. The number of ether oxygens (including phenoxy) is 2. The van der Waals surface area contributed by atoms with Crippen LogP contribution >= 0.6 is 11.6 Å². The normalized spacial score (nSPS) is 11.5. The molecule has 0 bridgehead atoms. The van der Waals surface area contributed by atoms with E-state index in [1.807, 2.05) is 48.5 Å². The number of para-hydroxylation sites is 2. The minimum atomic E-state index is -0.167. The van der Waals surface area contributed by atoms with E-state index < -0.39 is 0 Å². The average molecular weight is 316 g/mol. The molecule has 0 saturated heterocycles. The maximum atomic E-state index is 9.31. The van der Waals surface area contributed by atoms with Gasteiger partial charge in [0, 0.05) is 5.02 Å². The van der Waals surface area contributed by atoms with Crippen LogP contribution < -0.4 is 9.47 Å². The number of hydrogen-bond donors (Lipinski definition) is 0. The maximum absolute atomic E-state index is 9.31. The fraction of sp³-hybridized carbons (Fsp3) is 0.278. The number of halogens is 1. The minimum absolute atomic E-state index is 0.167. The van der Waals surface area contributed by atoms with E-state index in [0.29, 0.717) is 17.4 Å². The molecule has 4 heteroatoms. The molecule has 0 aromatic heterocycles. The second-order valence-corrected chi connectivity index (χ2v) is 5.31. The van der Waals surface area contributed by atoms with Crippen LogP contribution in [0.4, 0.5) is 0 Å². The Hall–Kier alpha value is -2.18. The van der Waals surface area contributed by atoms with Gasteiger partial charge < -0.3 is 9.47 Å². The van der Waals surface area contributed by atoms with E-state index in [4.69, 9.17) is 21.1 Å². The summed E-state index contributed by atoms with van der Waals surface area (Å²) < 4.78 is 11.0. The summed E-state index contributed by atoms with van der Waals surface area (Å²) in [7, 11) is 1.62. The summed E-state index contributed by atoms with van der Waals surface area (Å²) in [6, 6.07) is 17.3. The lowest BCUT2D eigenvalue weighted by Gasteiger charge is -2.12. The molecule has 1 unspecified atom stereocenters. The smallest absolute Gasteiger partial charge is 0.161 e. The number of hydrogen-bond acceptors (Lipinski definition) is 3. The lowest BCUT2D eigenvalue weighted by atomic mass is 9.96. The Balaban J connectivity index is 1.86. The molecule has 22 heavy (non-hydrogen) atoms. The van der Waals surface area contributed by atoms with Crippen LogP contribution in [0.2, 0.25) is 5.02 Å². The van der Waals surface area contributed by atoms with Crippen LogP contribution in [0.3, 0.4) is 0 Å². The van der Waals surface area contributed by atoms with Crippen molar-refractivity contribution in [3.63, 3.8) is 0 Å². The fourth-order valence-corrected chi connectivity index (χ4v) is 2.44. The quantitative estimate of drug-likeness (QED) is 0.688. The van der Waals surface area contributed by atoms with Crippen LogP contribution in [0, 0.1) is 11.3 Å². The fourth-order valence-electron chi connectivity index (χ4n) is 2.24. The van der Waals surface area contributed by atoms with E-state index in [9.17, 15) is 5.26 Å². The van der Waals surface area contributed by atoms with E-state index in [2.05, 4.69) is 6.07 Å². The van der Waals surface area contributed by atoms with Crippen LogP contribution in [0.25, 0.3) is 0 Å². The molecule has 2 rings (SSSR count). The Bertz CT molecular complexity index is 652. The number of rotatable bonds is 7. The number of benzene rings is 2. The summed E-state index contributed by atoms with van der Waals surface area (Å²) >= 11 is 5.97. The molecule has 114 valence electrons. The predicted octanol–water partition coefficient (Wildman–Crippen LogP) is 4.81. The summed E-state index contributed by atoms with van der Waals surface area (Å²) in [5.74, 6) is 1.27. The molecule has 2 aromatic rings. The van der Waals surface area contributed by atoms with Crippen molar-refractivity contribution in [1.29, 1.82) is 5.26 Å². The Kier molecular flexibility index (Phi) is 6.12. The van der Waals surface area contributed by atoms with E-state index in [-0.39, 0.29) is 5.92 Å². The first-order valence-electron chi connectivity index (χ1n) is 7.15. The molecule has 0 aliphatic rings. The van der Waals surface area contributed by atoms with E-state index >= 15 is 0 Å². The largest absolute Gasteiger partial charge is 0.493 e. The highest BCUT2D eigenvalue weighted by molar-refractivity contribution is 6.30. The van der Waals surface area contributed by atoms with Crippen molar-refractivity contribution in [2.45, 2.75) is 18.8 Å². The summed E-state index contributed by atoms with van der Waals surface area (Å²) in [6.45, 7) is 0.541. The monoisotopic (exact) mass is 315 g/mol. The Morgan fingerprint density at radius 3 is 2.59 bits per heavy atom.